The lowest BCUT2D eigenvalue weighted by Gasteiger charge is -2.36. The highest BCUT2D eigenvalue weighted by molar-refractivity contribution is 9.10. The molecule has 36 heavy (non-hydrogen) atoms. The predicted molar refractivity (Wildman–Crippen MR) is 152 cm³/mol. The second-order valence-corrected chi connectivity index (χ2v) is 10.0. The summed E-state index contributed by atoms with van der Waals surface area (Å²) in [6.07, 6.45) is 0. The van der Waals surface area contributed by atoms with Gasteiger partial charge in [-0.15, -0.1) is 0 Å². The monoisotopic (exact) mass is 563 g/mol. The maximum atomic E-state index is 13.1. The van der Waals surface area contributed by atoms with Crippen molar-refractivity contribution in [1.29, 1.82) is 0 Å². The van der Waals surface area contributed by atoms with E-state index in [1.54, 1.807) is 7.11 Å². The Kier molecular flexibility index (Phi) is 7.46. The fourth-order valence-electron chi connectivity index (χ4n) is 4.64. The molecule has 5 nitrogen and oxygen atoms in total. The van der Waals surface area contributed by atoms with E-state index in [-0.39, 0.29) is 5.91 Å². The van der Waals surface area contributed by atoms with E-state index in [1.165, 1.54) is 5.56 Å². The molecule has 1 fully saturated rings. The van der Waals surface area contributed by atoms with Gasteiger partial charge in [-0.05, 0) is 68.7 Å². The van der Waals surface area contributed by atoms with E-state index in [9.17, 15) is 4.79 Å². The van der Waals surface area contributed by atoms with Crippen LogP contribution in [-0.4, -0.2) is 44.1 Å². The summed E-state index contributed by atoms with van der Waals surface area (Å²) in [6.45, 7) is 4.70. The summed E-state index contributed by atoms with van der Waals surface area (Å²) in [7, 11) is 1.58. The summed E-state index contributed by atoms with van der Waals surface area (Å²) < 4.78 is 6.34. The van der Waals surface area contributed by atoms with E-state index < -0.39 is 0 Å². The van der Waals surface area contributed by atoms with Crippen LogP contribution in [0.5, 0.6) is 5.75 Å². The molecule has 0 spiro atoms. The van der Waals surface area contributed by atoms with Gasteiger partial charge in [0.25, 0.3) is 5.91 Å². The fraction of sp³-hybridized carbons (Fsp3) is 0.207. The lowest BCUT2D eigenvalue weighted by atomic mass is 10.0. The summed E-state index contributed by atoms with van der Waals surface area (Å²) in [5.74, 6) is 0.316. The minimum absolute atomic E-state index is 0.209. The Morgan fingerprint density at radius 2 is 1.67 bits per heavy atom. The number of hydrogen-bond donors (Lipinski definition) is 1. The molecule has 4 aromatic carbocycles. The highest BCUT2D eigenvalue weighted by Gasteiger charge is 2.20. The molecule has 0 unspecified atom stereocenters. The quantitative estimate of drug-likeness (QED) is 0.279. The maximum absolute atomic E-state index is 13.1. The van der Waals surface area contributed by atoms with Crippen LogP contribution in [0.1, 0.15) is 15.9 Å². The number of hydrogen-bond acceptors (Lipinski definition) is 4. The Balaban J connectivity index is 1.23. The molecule has 0 radical (unpaired) electrons. The third-order valence-corrected chi connectivity index (χ3v) is 7.76. The number of halogens is 2. The number of carbonyl (C=O) groups is 1. The largest absolute Gasteiger partial charge is 0.495 e. The van der Waals surface area contributed by atoms with Crippen molar-refractivity contribution in [3.63, 3.8) is 0 Å². The second kappa shape index (κ2) is 10.9. The van der Waals surface area contributed by atoms with Gasteiger partial charge in [0, 0.05) is 49.1 Å². The molecule has 1 heterocycles. The van der Waals surface area contributed by atoms with Gasteiger partial charge in [-0.25, -0.2) is 0 Å². The van der Waals surface area contributed by atoms with E-state index >= 15 is 0 Å². The average Bonchev–Trinajstić information content (AvgIpc) is 2.91. The summed E-state index contributed by atoms with van der Waals surface area (Å²) in [6, 6.07) is 25.8. The first-order valence-electron chi connectivity index (χ1n) is 11.9. The highest BCUT2D eigenvalue weighted by atomic mass is 79.9. The third kappa shape index (κ3) is 5.21. The van der Waals surface area contributed by atoms with Crippen molar-refractivity contribution in [2.45, 2.75) is 6.54 Å². The minimum atomic E-state index is -0.209. The number of nitrogens with one attached hydrogen (secondary N) is 1. The van der Waals surface area contributed by atoms with E-state index in [4.69, 9.17) is 16.3 Å². The van der Waals surface area contributed by atoms with Gasteiger partial charge in [0.15, 0.2) is 0 Å². The molecule has 1 aliphatic rings. The summed E-state index contributed by atoms with van der Waals surface area (Å²) in [4.78, 5) is 18.0. The maximum Gasteiger partial charge on any atom is 0.259 e. The third-order valence-electron chi connectivity index (χ3n) is 6.60. The van der Waals surface area contributed by atoms with Crippen LogP contribution >= 0.6 is 27.5 Å². The lowest BCUT2D eigenvalue weighted by molar-refractivity contribution is 0.102. The van der Waals surface area contributed by atoms with Crippen LogP contribution in [0.3, 0.4) is 0 Å². The van der Waals surface area contributed by atoms with Crippen LogP contribution in [0.15, 0.2) is 83.3 Å². The van der Waals surface area contributed by atoms with Gasteiger partial charge in [-0.1, -0.05) is 54.1 Å². The Bertz CT molecular complexity index is 1390. The van der Waals surface area contributed by atoms with Gasteiger partial charge in [-0.3, -0.25) is 9.69 Å². The number of nitrogens with zero attached hydrogens (tertiary/aromatic N) is 2. The van der Waals surface area contributed by atoms with Crippen LogP contribution in [0, 0.1) is 0 Å². The van der Waals surface area contributed by atoms with Gasteiger partial charge >= 0.3 is 0 Å². The number of benzene rings is 4. The SMILES string of the molecule is COc1c(C(=O)Nc2ccc(N3CCN(Cc4ccccc4Cl)CC3)cc2)cc2ccccc2c1Br. The van der Waals surface area contributed by atoms with Gasteiger partial charge < -0.3 is 15.0 Å². The number of ether oxygens (including phenoxy) is 1. The van der Waals surface area contributed by atoms with E-state index in [2.05, 4.69) is 49.2 Å². The first-order valence-corrected chi connectivity index (χ1v) is 13.1. The molecule has 1 amide bonds. The first-order chi connectivity index (χ1) is 17.5. The van der Waals surface area contributed by atoms with Crippen molar-refractivity contribution in [3.05, 3.63) is 99.5 Å². The zero-order chi connectivity index (χ0) is 25.1. The Morgan fingerprint density at radius 3 is 2.39 bits per heavy atom. The molecular formula is C29H27BrClN3O2. The molecule has 0 atom stereocenters. The first kappa shape index (κ1) is 24.6. The Morgan fingerprint density at radius 1 is 0.972 bits per heavy atom. The minimum Gasteiger partial charge on any atom is -0.495 e. The standard InChI is InChI=1S/C29H27BrClN3O2/c1-36-28-25(18-20-6-2-4-8-24(20)27(28)30)29(35)32-22-10-12-23(13-11-22)34-16-14-33(15-17-34)19-21-7-3-5-9-26(21)31/h2-13,18H,14-17,19H2,1H3,(H,32,35). The fourth-order valence-corrected chi connectivity index (χ4v) is 5.57. The number of carbonyl (C=O) groups excluding carboxylic acids is 1. The molecule has 0 bridgehead atoms. The van der Waals surface area contributed by atoms with Crippen LogP contribution in [-0.2, 0) is 6.54 Å². The normalized spacial score (nSPS) is 14.1. The molecule has 0 saturated carbocycles. The highest BCUT2D eigenvalue weighted by Crippen LogP contribution is 2.37. The Labute approximate surface area is 224 Å². The van der Waals surface area contributed by atoms with Crippen molar-refractivity contribution >= 4 is 55.6 Å². The van der Waals surface area contributed by atoms with Crippen molar-refractivity contribution < 1.29 is 9.53 Å². The van der Waals surface area contributed by atoms with Crippen molar-refractivity contribution in [3.8, 4) is 5.75 Å². The molecule has 0 aliphatic carbocycles. The number of fused-ring (bicyclic) bond motifs is 1. The molecular weight excluding hydrogens is 538 g/mol. The summed E-state index contributed by atoms with van der Waals surface area (Å²) in [5, 5.41) is 5.81. The summed E-state index contributed by atoms with van der Waals surface area (Å²) >= 11 is 9.94. The van der Waals surface area contributed by atoms with Crippen LogP contribution in [0.2, 0.25) is 5.02 Å². The van der Waals surface area contributed by atoms with Crippen molar-refractivity contribution in [1.82, 2.24) is 4.90 Å². The number of amides is 1. The van der Waals surface area contributed by atoms with Crippen LogP contribution < -0.4 is 15.0 Å². The van der Waals surface area contributed by atoms with Gasteiger partial charge in [0.05, 0.1) is 17.1 Å². The second-order valence-electron chi connectivity index (χ2n) is 8.85. The predicted octanol–water partition coefficient (Wildman–Crippen LogP) is 6.84. The lowest BCUT2D eigenvalue weighted by Crippen LogP contribution is -2.46. The van der Waals surface area contributed by atoms with Gasteiger partial charge in [0.2, 0.25) is 0 Å². The van der Waals surface area contributed by atoms with Crippen LogP contribution in [0.4, 0.5) is 11.4 Å². The van der Waals surface area contributed by atoms with E-state index in [0.717, 1.165) is 64.4 Å². The van der Waals surface area contributed by atoms with Crippen LogP contribution in [0.25, 0.3) is 10.8 Å². The zero-order valence-electron chi connectivity index (χ0n) is 20.0. The average molecular weight is 565 g/mol. The smallest absolute Gasteiger partial charge is 0.259 e. The Hall–Kier alpha value is -3.06. The molecule has 184 valence electrons. The number of piperazine rings is 1. The molecule has 0 aromatic heterocycles. The molecule has 5 rings (SSSR count). The van der Waals surface area contributed by atoms with Gasteiger partial charge in [-0.2, -0.15) is 0 Å². The molecule has 1 N–H and O–H groups in total. The van der Waals surface area contributed by atoms with E-state index in [0.29, 0.717) is 11.3 Å². The molecule has 4 aromatic rings. The molecule has 1 aliphatic heterocycles. The zero-order valence-corrected chi connectivity index (χ0v) is 22.3. The summed E-state index contributed by atoms with van der Waals surface area (Å²) in [5.41, 5.74) is 3.55. The number of rotatable bonds is 6. The van der Waals surface area contributed by atoms with Crippen molar-refractivity contribution in [2.24, 2.45) is 0 Å². The number of anilines is 2. The molecule has 1 saturated heterocycles. The van der Waals surface area contributed by atoms with Crippen molar-refractivity contribution in [2.75, 3.05) is 43.5 Å². The number of methoxy groups -OCH3 is 1. The van der Waals surface area contributed by atoms with Gasteiger partial charge in [0.1, 0.15) is 5.75 Å². The topological polar surface area (TPSA) is 44.8 Å². The van der Waals surface area contributed by atoms with E-state index in [1.807, 2.05) is 60.7 Å². The molecule has 7 heteroatoms.